The minimum Gasteiger partial charge on any atom is -0.480 e. The number of nitrogens with zero attached hydrogens (tertiary/aromatic N) is 1. The Morgan fingerprint density at radius 1 is 1.10 bits per heavy atom. The second kappa shape index (κ2) is 6.22. The lowest BCUT2D eigenvalue weighted by molar-refractivity contribution is -0.167. The van der Waals surface area contributed by atoms with Crippen LogP contribution in [0.1, 0.15) is 25.7 Å². The number of hydrogen-bond donors (Lipinski definition) is 2. The zero-order valence-electron chi connectivity index (χ0n) is 11.5. The molecule has 2 aliphatic rings. The third-order valence-corrected chi connectivity index (χ3v) is 4.32. The fourth-order valence-corrected chi connectivity index (χ4v) is 3.11. The third kappa shape index (κ3) is 2.77. The summed E-state index contributed by atoms with van der Waals surface area (Å²) in [5, 5.41) is 19.0. The van der Waals surface area contributed by atoms with Gasteiger partial charge in [0, 0.05) is 5.92 Å². The van der Waals surface area contributed by atoms with Gasteiger partial charge in [0.1, 0.15) is 0 Å². The molecule has 5 nitrogen and oxygen atoms in total. The highest BCUT2D eigenvalue weighted by atomic mass is 16.4. The van der Waals surface area contributed by atoms with Gasteiger partial charge in [-0.1, -0.05) is 24.3 Å². The number of likely N-dealkylation sites (tertiary alicyclic amines) is 1. The Hall–Kier alpha value is -1.62. The van der Waals surface area contributed by atoms with Crippen molar-refractivity contribution < 1.29 is 19.8 Å². The SMILES string of the molecule is O=C(O)C(CCCN1CCCC1)(C(=O)O)C1C=CC=C1. The van der Waals surface area contributed by atoms with E-state index in [4.69, 9.17) is 0 Å². The van der Waals surface area contributed by atoms with E-state index in [0.29, 0.717) is 6.42 Å². The molecule has 2 N–H and O–H groups in total. The lowest BCUT2D eigenvalue weighted by Gasteiger charge is -2.29. The van der Waals surface area contributed by atoms with Crippen LogP contribution in [0.15, 0.2) is 24.3 Å². The van der Waals surface area contributed by atoms with E-state index in [1.165, 1.54) is 12.8 Å². The molecule has 0 spiro atoms. The highest BCUT2D eigenvalue weighted by Crippen LogP contribution is 2.38. The molecule has 1 heterocycles. The Balaban J connectivity index is 2.05. The molecule has 0 bridgehead atoms. The smallest absolute Gasteiger partial charge is 0.321 e. The highest BCUT2D eigenvalue weighted by Gasteiger charge is 2.51. The normalized spacial score (nSPS) is 19.8. The molecule has 20 heavy (non-hydrogen) atoms. The molecule has 0 atom stereocenters. The Bertz CT molecular complexity index is 409. The summed E-state index contributed by atoms with van der Waals surface area (Å²) in [4.78, 5) is 25.5. The van der Waals surface area contributed by atoms with E-state index in [9.17, 15) is 19.8 Å². The lowest BCUT2D eigenvalue weighted by Crippen LogP contribution is -2.44. The Labute approximate surface area is 118 Å². The molecule has 0 amide bonds. The van der Waals surface area contributed by atoms with E-state index in [1.807, 2.05) is 0 Å². The van der Waals surface area contributed by atoms with Gasteiger partial charge in [-0.25, -0.2) is 0 Å². The van der Waals surface area contributed by atoms with Crippen molar-refractivity contribution in [1.29, 1.82) is 0 Å². The van der Waals surface area contributed by atoms with Crippen molar-refractivity contribution in [3.05, 3.63) is 24.3 Å². The molecule has 0 radical (unpaired) electrons. The summed E-state index contributed by atoms with van der Waals surface area (Å²) in [5.74, 6) is -3.05. The maximum absolute atomic E-state index is 11.6. The summed E-state index contributed by atoms with van der Waals surface area (Å²) >= 11 is 0. The van der Waals surface area contributed by atoms with Crippen LogP contribution in [-0.4, -0.2) is 46.7 Å². The molecule has 5 heteroatoms. The first-order chi connectivity index (χ1) is 9.57. The maximum Gasteiger partial charge on any atom is 0.321 e. The van der Waals surface area contributed by atoms with Crippen molar-refractivity contribution in [2.45, 2.75) is 25.7 Å². The molecule has 0 aromatic rings. The van der Waals surface area contributed by atoms with Gasteiger partial charge in [0.25, 0.3) is 0 Å². The first-order valence-corrected chi connectivity index (χ1v) is 7.11. The van der Waals surface area contributed by atoms with Crippen molar-refractivity contribution in [3.63, 3.8) is 0 Å². The first-order valence-electron chi connectivity index (χ1n) is 7.11. The van der Waals surface area contributed by atoms with E-state index < -0.39 is 23.3 Å². The van der Waals surface area contributed by atoms with Crippen LogP contribution in [-0.2, 0) is 9.59 Å². The predicted octanol–water partition coefficient (Wildman–Crippen LogP) is 1.76. The zero-order valence-corrected chi connectivity index (χ0v) is 11.5. The molecule has 1 fully saturated rings. The van der Waals surface area contributed by atoms with Gasteiger partial charge in [0.15, 0.2) is 5.41 Å². The molecule has 0 unspecified atom stereocenters. The monoisotopic (exact) mass is 279 g/mol. The van der Waals surface area contributed by atoms with E-state index in [-0.39, 0.29) is 6.42 Å². The van der Waals surface area contributed by atoms with Crippen LogP contribution in [0.5, 0.6) is 0 Å². The van der Waals surface area contributed by atoms with Gasteiger partial charge in [-0.15, -0.1) is 0 Å². The number of allylic oxidation sites excluding steroid dienone is 4. The van der Waals surface area contributed by atoms with E-state index in [0.717, 1.165) is 19.6 Å². The number of rotatable bonds is 7. The van der Waals surface area contributed by atoms with E-state index in [2.05, 4.69) is 4.90 Å². The molecule has 1 aliphatic heterocycles. The maximum atomic E-state index is 11.6. The Morgan fingerprint density at radius 3 is 2.15 bits per heavy atom. The summed E-state index contributed by atoms with van der Waals surface area (Å²) in [7, 11) is 0. The number of carbonyl (C=O) groups is 2. The Kier molecular flexibility index (Phi) is 4.60. The fourth-order valence-electron chi connectivity index (χ4n) is 3.11. The molecular weight excluding hydrogens is 258 g/mol. The molecule has 2 rings (SSSR count). The van der Waals surface area contributed by atoms with Crippen LogP contribution in [0.2, 0.25) is 0 Å². The van der Waals surface area contributed by atoms with Gasteiger partial charge in [0.05, 0.1) is 0 Å². The number of carboxylic acid groups (broad SMARTS) is 2. The highest BCUT2D eigenvalue weighted by molar-refractivity contribution is 5.99. The van der Waals surface area contributed by atoms with Crippen LogP contribution < -0.4 is 0 Å². The lowest BCUT2D eigenvalue weighted by atomic mass is 9.72. The van der Waals surface area contributed by atoms with Crippen LogP contribution in [0.3, 0.4) is 0 Å². The second-order valence-corrected chi connectivity index (χ2v) is 5.53. The van der Waals surface area contributed by atoms with Gasteiger partial charge >= 0.3 is 11.9 Å². The summed E-state index contributed by atoms with van der Waals surface area (Å²) in [6.45, 7) is 2.86. The number of carboxylic acids is 2. The van der Waals surface area contributed by atoms with Crippen molar-refractivity contribution >= 4 is 11.9 Å². The molecule has 0 aromatic carbocycles. The van der Waals surface area contributed by atoms with Crippen LogP contribution in [0.25, 0.3) is 0 Å². The molecule has 110 valence electrons. The van der Waals surface area contributed by atoms with Crippen molar-refractivity contribution in [1.82, 2.24) is 4.90 Å². The molecule has 0 aromatic heterocycles. The Morgan fingerprint density at radius 2 is 1.65 bits per heavy atom. The summed E-state index contributed by atoms with van der Waals surface area (Å²) in [6.07, 6.45) is 9.87. The van der Waals surface area contributed by atoms with Crippen molar-refractivity contribution in [2.75, 3.05) is 19.6 Å². The minimum atomic E-state index is -1.73. The van der Waals surface area contributed by atoms with Crippen LogP contribution >= 0.6 is 0 Å². The fraction of sp³-hybridized carbons (Fsp3) is 0.600. The first kappa shape index (κ1) is 14.8. The van der Waals surface area contributed by atoms with Crippen LogP contribution in [0, 0.1) is 11.3 Å². The third-order valence-electron chi connectivity index (χ3n) is 4.32. The summed E-state index contributed by atoms with van der Waals surface area (Å²) in [5.41, 5.74) is -1.73. The van der Waals surface area contributed by atoms with E-state index >= 15 is 0 Å². The zero-order chi connectivity index (χ0) is 14.6. The topological polar surface area (TPSA) is 77.8 Å². The molecular formula is C15H21NO4. The van der Waals surface area contributed by atoms with Gasteiger partial charge in [-0.3, -0.25) is 9.59 Å². The average Bonchev–Trinajstić information content (AvgIpc) is 3.06. The minimum absolute atomic E-state index is 0.160. The van der Waals surface area contributed by atoms with Crippen molar-refractivity contribution in [3.8, 4) is 0 Å². The molecule has 0 saturated carbocycles. The van der Waals surface area contributed by atoms with Gasteiger partial charge in [-0.2, -0.15) is 0 Å². The standard InChI is InChI=1S/C15H21NO4/c17-13(18)15(14(19)20,12-6-1-2-7-12)8-5-11-16-9-3-4-10-16/h1-2,6-7,12H,3-5,8-11H2,(H,17,18)(H,19,20). The number of aliphatic carboxylic acids is 2. The van der Waals surface area contributed by atoms with Gasteiger partial charge < -0.3 is 15.1 Å². The predicted molar refractivity (Wildman–Crippen MR) is 74.4 cm³/mol. The summed E-state index contributed by atoms with van der Waals surface area (Å²) < 4.78 is 0. The van der Waals surface area contributed by atoms with Gasteiger partial charge in [0.2, 0.25) is 0 Å². The molecule has 1 aliphatic carbocycles. The average molecular weight is 279 g/mol. The summed E-state index contributed by atoms with van der Waals surface area (Å²) in [6, 6.07) is 0. The molecule has 1 saturated heterocycles. The van der Waals surface area contributed by atoms with E-state index in [1.54, 1.807) is 24.3 Å². The number of hydrogen-bond acceptors (Lipinski definition) is 3. The van der Waals surface area contributed by atoms with Crippen LogP contribution in [0.4, 0.5) is 0 Å². The van der Waals surface area contributed by atoms with Crippen molar-refractivity contribution in [2.24, 2.45) is 11.3 Å². The largest absolute Gasteiger partial charge is 0.480 e. The quantitative estimate of drug-likeness (QED) is 0.694. The second-order valence-electron chi connectivity index (χ2n) is 5.53. The van der Waals surface area contributed by atoms with Gasteiger partial charge in [-0.05, 0) is 45.3 Å².